The molecular weight excluding hydrogens is 628 g/mol. The topological polar surface area (TPSA) is 92.3 Å². The van der Waals surface area contributed by atoms with Gasteiger partial charge in [0, 0.05) is 7.11 Å². The summed E-state index contributed by atoms with van der Waals surface area (Å²) in [4.78, 5) is 0. The van der Waals surface area contributed by atoms with Crippen molar-refractivity contribution in [2.24, 2.45) is 0 Å². The second-order valence-electron chi connectivity index (χ2n) is 11.8. The summed E-state index contributed by atoms with van der Waals surface area (Å²) in [7, 11) is 1.60. The SMILES string of the molecule is CO[C@H]1O[C@H](COCc2ccccc2)[C@@H](OCc2ccccc2)[C@@H]2OCCOCCOc3cc4ccccc4cc3OCCOCCO[C@@H]12. The molecule has 0 unspecified atom stereocenters. The van der Waals surface area contributed by atoms with Crippen LogP contribution in [0.3, 0.4) is 0 Å². The summed E-state index contributed by atoms with van der Waals surface area (Å²) < 4.78 is 62.0. The molecule has 0 spiro atoms. The Hall–Kier alpha value is -3.58. The molecule has 0 radical (unpaired) electrons. The molecule has 0 N–H and O–H groups in total. The Kier molecular flexibility index (Phi) is 13.7. The van der Waals surface area contributed by atoms with E-state index in [0.29, 0.717) is 71.0 Å². The normalized spacial score (nSPS) is 24.4. The molecule has 10 heteroatoms. The largest absolute Gasteiger partial charge is 0.487 e. The lowest BCUT2D eigenvalue weighted by Crippen LogP contribution is -2.62. The van der Waals surface area contributed by atoms with Crippen molar-refractivity contribution < 1.29 is 47.4 Å². The van der Waals surface area contributed by atoms with Crippen LogP contribution in [-0.2, 0) is 51.1 Å². The molecule has 4 aromatic carbocycles. The van der Waals surface area contributed by atoms with Crippen molar-refractivity contribution >= 4 is 10.8 Å². The molecule has 0 saturated carbocycles. The van der Waals surface area contributed by atoms with Crippen molar-refractivity contribution in [2.45, 2.75) is 43.9 Å². The molecular formula is C39H46O10. The summed E-state index contributed by atoms with van der Waals surface area (Å²) in [5, 5.41) is 2.14. The number of fused-ring (bicyclic) bond motifs is 3. The summed E-state index contributed by atoms with van der Waals surface area (Å²) in [6.07, 6.45) is -2.88. The highest BCUT2D eigenvalue weighted by molar-refractivity contribution is 5.86. The minimum Gasteiger partial charge on any atom is -0.487 e. The quantitative estimate of drug-likeness (QED) is 0.236. The van der Waals surface area contributed by atoms with Gasteiger partial charge in [-0.25, -0.2) is 0 Å². The van der Waals surface area contributed by atoms with Crippen LogP contribution in [0, 0.1) is 0 Å². The third-order valence-electron chi connectivity index (χ3n) is 8.36. The van der Waals surface area contributed by atoms with Gasteiger partial charge in [0.25, 0.3) is 0 Å². The van der Waals surface area contributed by atoms with Gasteiger partial charge in [-0.05, 0) is 34.0 Å². The van der Waals surface area contributed by atoms with Crippen molar-refractivity contribution in [3.63, 3.8) is 0 Å². The number of ether oxygens (including phenoxy) is 10. The van der Waals surface area contributed by atoms with Gasteiger partial charge in [-0.2, -0.15) is 0 Å². The van der Waals surface area contributed by atoms with Crippen LogP contribution in [-0.4, -0.2) is 97.3 Å². The molecule has 0 bridgehead atoms. The molecule has 6 rings (SSSR count). The highest BCUT2D eigenvalue weighted by Gasteiger charge is 2.48. The summed E-state index contributed by atoms with van der Waals surface area (Å²) in [6, 6.07) is 32.1. The Bertz CT molecular complexity index is 1520. The summed E-state index contributed by atoms with van der Waals surface area (Å²) in [5.41, 5.74) is 2.10. The smallest absolute Gasteiger partial charge is 0.186 e. The Balaban J connectivity index is 1.15. The first-order valence-electron chi connectivity index (χ1n) is 16.9. The fourth-order valence-electron chi connectivity index (χ4n) is 5.94. The van der Waals surface area contributed by atoms with Gasteiger partial charge in [0.1, 0.15) is 37.6 Å². The molecule has 0 aromatic heterocycles. The predicted octanol–water partition coefficient (Wildman–Crippen LogP) is 5.59. The first kappa shape index (κ1) is 35.3. The van der Waals surface area contributed by atoms with Crippen LogP contribution in [0.2, 0.25) is 0 Å². The highest BCUT2D eigenvalue weighted by atomic mass is 16.7. The van der Waals surface area contributed by atoms with Crippen LogP contribution in [0.1, 0.15) is 11.1 Å². The molecule has 2 heterocycles. The zero-order valence-corrected chi connectivity index (χ0v) is 28.0. The molecule has 10 nitrogen and oxygen atoms in total. The number of methoxy groups -OCH3 is 1. The van der Waals surface area contributed by atoms with Crippen LogP contribution in [0.4, 0.5) is 0 Å². The fraction of sp³-hybridized carbons (Fsp3) is 0.436. The van der Waals surface area contributed by atoms with Crippen LogP contribution in [0.25, 0.3) is 10.8 Å². The summed E-state index contributed by atoms with van der Waals surface area (Å²) in [5.74, 6) is 1.33. The van der Waals surface area contributed by atoms with Gasteiger partial charge >= 0.3 is 0 Å². The lowest BCUT2D eigenvalue weighted by Gasteiger charge is -2.45. The van der Waals surface area contributed by atoms with E-state index in [1.807, 2.05) is 91.0 Å². The van der Waals surface area contributed by atoms with E-state index in [0.717, 1.165) is 21.9 Å². The van der Waals surface area contributed by atoms with Crippen LogP contribution < -0.4 is 9.47 Å². The Morgan fingerprint density at radius 3 is 1.71 bits per heavy atom. The molecule has 49 heavy (non-hydrogen) atoms. The van der Waals surface area contributed by atoms with E-state index in [9.17, 15) is 0 Å². The molecule has 1 saturated heterocycles. The van der Waals surface area contributed by atoms with Crippen molar-refractivity contribution in [3.05, 3.63) is 108 Å². The summed E-state index contributed by atoms with van der Waals surface area (Å²) >= 11 is 0. The zero-order chi connectivity index (χ0) is 33.5. The van der Waals surface area contributed by atoms with E-state index in [-0.39, 0.29) is 13.2 Å². The first-order valence-corrected chi connectivity index (χ1v) is 16.9. The monoisotopic (exact) mass is 674 g/mol. The van der Waals surface area contributed by atoms with E-state index < -0.39 is 30.7 Å². The standard InChI is InChI=1S/C39H46O10/c1-40-39-38-37(36(48-27-30-12-6-3-7-13-30)35(49-39)28-43-26-29-10-4-2-5-11-29)46-22-18-41-16-20-44-33-24-31-14-8-9-15-32(31)25-34(33)45-21-17-42-19-23-47-38/h2-15,24-25,35-39H,16-23,26-28H2,1H3/t35-,36-,37+,38-,39+/m1/s1. The number of benzene rings is 4. The lowest BCUT2D eigenvalue weighted by atomic mass is 9.98. The fourth-order valence-corrected chi connectivity index (χ4v) is 5.94. The molecule has 262 valence electrons. The maximum atomic E-state index is 6.57. The van der Waals surface area contributed by atoms with Gasteiger partial charge in [-0.15, -0.1) is 0 Å². The van der Waals surface area contributed by atoms with Gasteiger partial charge in [-0.1, -0.05) is 84.9 Å². The minimum atomic E-state index is -0.721. The number of hydrogen-bond acceptors (Lipinski definition) is 10. The Morgan fingerprint density at radius 2 is 1.12 bits per heavy atom. The second kappa shape index (κ2) is 19.0. The minimum absolute atomic E-state index is 0.272. The van der Waals surface area contributed by atoms with Gasteiger partial charge in [0.05, 0.1) is 59.5 Å². The van der Waals surface area contributed by atoms with Gasteiger partial charge in [0.15, 0.2) is 17.8 Å². The molecule has 0 amide bonds. The third kappa shape index (κ3) is 10.2. The predicted molar refractivity (Wildman–Crippen MR) is 183 cm³/mol. The van der Waals surface area contributed by atoms with Gasteiger partial charge < -0.3 is 47.4 Å². The summed E-state index contributed by atoms with van der Waals surface area (Å²) in [6.45, 7) is 3.79. The van der Waals surface area contributed by atoms with E-state index in [2.05, 4.69) is 6.07 Å². The highest BCUT2D eigenvalue weighted by Crippen LogP contribution is 2.33. The average Bonchev–Trinajstić information content (AvgIpc) is 3.14. The Morgan fingerprint density at radius 1 is 0.592 bits per heavy atom. The molecule has 0 aliphatic carbocycles. The van der Waals surface area contributed by atoms with Crippen molar-refractivity contribution in [1.29, 1.82) is 0 Å². The van der Waals surface area contributed by atoms with Crippen LogP contribution in [0.5, 0.6) is 11.5 Å². The molecule has 2 aliphatic rings. The second-order valence-corrected chi connectivity index (χ2v) is 11.8. The number of rotatable bonds is 8. The zero-order valence-electron chi connectivity index (χ0n) is 28.0. The Labute approximate surface area is 288 Å². The van der Waals surface area contributed by atoms with Crippen molar-refractivity contribution in [2.75, 3.05) is 66.6 Å². The van der Waals surface area contributed by atoms with Gasteiger partial charge in [-0.3, -0.25) is 0 Å². The third-order valence-corrected chi connectivity index (χ3v) is 8.36. The van der Waals surface area contributed by atoms with Crippen LogP contribution in [0.15, 0.2) is 97.1 Å². The van der Waals surface area contributed by atoms with Crippen molar-refractivity contribution in [1.82, 2.24) is 0 Å². The van der Waals surface area contributed by atoms with E-state index in [1.54, 1.807) is 7.11 Å². The maximum absolute atomic E-state index is 6.57. The molecule has 1 fully saturated rings. The lowest BCUT2D eigenvalue weighted by molar-refractivity contribution is -0.321. The average molecular weight is 675 g/mol. The first-order chi connectivity index (χ1) is 24.3. The molecule has 5 atom stereocenters. The van der Waals surface area contributed by atoms with E-state index in [4.69, 9.17) is 47.4 Å². The number of hydrogen-bond donors (Lipinski definition) is 0. The molecule has 2 aliphatic heterocycles. The van der Waals surface area contributed by atoms with Gasteiger partial charge in [0.2, 0.25) is 0 Å². The molecule has 4 aromatic rings. The van der Waals surface area contributed by atoms with E-state index >= 15 is 0 Å². The maximum Gasteiger partial charge on any atom is 0.186 e. The van der Waals surface area contributed by atoms with Crippen molar-refractivity contribution in [3.8, 4) is 11.5 Å². The van der Waals surface area contributed by atoms with E-state index in [1.165, 1.54) is 0 Å². The van der Waals surface area contributed by atoms with Crippen LogP contribution >= 0.6 is 0 Å².